The smallest absolute Gasteiger partial charge is 0.321 e. The largest absolute Gasteiger partial charge is 0.395 e. The molecule has 1 aromatic carbocycles. The molecule has 0 aliphatic heterocycles. The Morgan fingerprint density at radius 1 is 1.44 bits per heavy atom. The van der Waals surface area contributed by atoms with E-state index in [1.165, 1.54) is 0 Å². The van der Waals surface area contributed by atoms with E-state index >= 15 is 0 Å². The van der Waals surface area contributed by atoms with Gasteiger partial charge < -0.3 is 15.3 Å². The Kier molecular flexibility index (Phi) is 6.15. The summed E-state index contributed by atoms with van der Waals surface area (Å²) in [5, 5.41) is 11.8. The third kappa shape index (κ3) is 3.99. The maximum absolute atomic E-state index is 12.0. The van der Waals surface area contributed by atoms with E-state index in [2.05, 4.69) is 21.2 Å². The fourth-order valence-corrected chi connectivity index (χ4v) is 2.01. The fraction of sp³-hybridized carbons (Fsp3) is 0.462. The monoisotopic (exact) mass is 314 g/mol. The van der Waals surface area contributed by atoms with Gasteiger partial charge in [-0.25, -0.2) is 4.79 Å². The van der Waals surface area contributed by atoms with E-state index < -0.39 is 0 Å². The van der Waals surface area contributed by atoms with E-state index in [-0.39, 0.29) is 12.6 Å². The number of carbonyl (C=O) groups is 1. The van der Waals surface area contributed by atoms with Crippen LogP contribution in [0.15, 0.2) is 22.7 Å². The van der Waals surface area contributed by atoms with E-state index in [1.54, 1.807) is 4.90 Å². The second kappa shape index (κ2) is 7.38. The molecule has 18 heavy (non-hydrogen) atoms. The molecule has 0 spiro atoms. The van der Waals surface area contributed by atoms with Crippen molar-refractivity contribution in [3.63, 3.8) is 0 Å². The van der Waals surface area contributed by atoms with Crippen LogP contribution in [0.25, 0.3) is 0 Å². The highest BCUT2D eigenvalue weighted by Crippen LogP contribution is 2.23. The number of urea groups is 1. The van der Waals surface area contributed by atoms with Gasteiger partial charge in [-0.05, 0) is 31.0 Å². The van der Waals surface area contributed by atoms with Crippen molar-refractivity contribution in [1.29, 1.82) is 0 Å². The van der Waals surface area contributed by atoms with Gasteiger partial charge in [-0.15, -0.1) is 0 Å². The number of carbonyl (C=O) groups excluding carboxylic acids is 1. The summed E-state index contributed by atoms with van der Waals surface area (Å²) in [5.41, 5.74) is 1.78. The lowest BCUT2D eigenvalue weighted by Gasteiger charge is -2.22. The van der Waals surface area contributed by atoms with Crippen LogP contribution < -0.4 is 5.32 Å². The van der Waals surface area contributed by atoms with Crippen LogP contribution in [0.3, 0.4) is 0 Å². The van der Waals surface area contributed by atoms with Crippen LogP contribution in [0.4, 0.5) is 10.5 Å². The van der Waals surface area contributed by atoms with Crippen molar-refractivity contribution in [3.05, 3.63) is 28.2 Å². The Morgan fingerprint density at radius 2 is 2.17 bits per heavy atom. The Balaban J connectivity index is 2.75. The Bertz CT molecular complexity index is 404. The van der Waals surface area contributed by atoms with Gasteiger partial charge in [-0.1, -0.05) is 28.9 Å². The standard InChI is InChI=1S/C13H19BrN2O2/c1-3-7-16(8-9-17)13(18)15-12-6-4-5-11(14)10(12)2/h4-6,17H,3,7-9H2,1-2H3,(H,15,18). The molecule has 0 fully saturated rings. The molecule has 2 N–H and O–H groups in total. The van der Waals surface area contributed by atoms with Gasteiger partial charge in [0.05, 0.1) is 6.61 Å². The van der Waals surface area contributed by atoms with E-state index in [1.807, 2.05) is 32.0 Å². The minimum absolute atomic E-state index is 0.0229. The second-order valence-corrected chi connectivity index (χ2v) is 4.91. The van der Waals surface area contributed by atoms with Crippen molar-refractivity contribution < 1.29 is 9.90 Å². The minimum Gasteiger partial charge on any atom is -0.395 e. The zero-order valence-electron chi connectivity index (χ0n) is 10.7. The lowest BCUT2D eigenvalue weighted by Crippen LogP contribution is -2.37. The zero-order valence-corrected chi connectivity index (χ0v) is 12.3. The molecule has 0 aliphatic carbocycles. The normalized spacial score (nSPS) is 10.2. The van der Waals surface area contributed by atoms with Crippen LogP contribution in [-0.4, -0.2) is 35.7 Å². The number of halogens is 1. The number of rotatable bonds is 5. The summed E-state index contributed by atoms with van der Waals surface area (Å²) in [4.78, 5) is 13.7. The van der Waals surface area contributed by atoms with Gasteiger partial charge in [-0.3, -0.25) is 0 Å². The van der Waals surface area contributed by atoms with Crippen LogP contribution in [0.5, 0.6) is 0 Å². The quantitative estimate of drug-likeness (QED) is 0.877. The number of hydrogen-bond acceptors (Lipinski definition) is 2. The summed E-state index contributed by atoms with van der Waals surface area (Å²) in [5.74, 6) is 0. The number of amides is 2. The molecule has 100 valence electrons. The first-order chi connectivity index (χ1) is 8.60. The molecule has 0 unspecified atom stereocenters. The molecule has 0 aromatic heterocycles. The molecular formula is C13H19BrN2O2. The summed E-state index contributed by atoms with van der Waals surface area (Å²) in [6.07, 6.45) is 0.866. The number of aliphatic hydroxyl groups is 1. The van der Waals surface area contributed by atoms with Crippen LogP contribution in [0.2, 0.25) is 0 Å². The van der Waals surface area contributed by atoms with Crippen LogP contribution in [-0.2, 0) is 0 Å². The summed E-state index contributed by atoms with van der Waals surface area (Å²) < 4.78 is 0.962. The van der Waals surface area contributed by atoms with Gasteiger partial charge in [0, 0.05) is 23.2 Å². The van der Waals surface area contributed by atoms with Crippen molar-refractivity contribution in [3.8, 4) is 0 Å². The van der Waals surface area contributed by atoms with Crippen molar-refractivity contribution in [2.75, 3.05) is 25.0 Å². The average Bonchev–Trinajstić information content (AvgIpc) is 2.34. The molecule has 1 rings (SSSR count). The van der Waals surface area contributed by atoms with Crippen LogP contribution >= 0.6 is 15.9 Å². The predicted molar refractivity (Wildman–Crippen MR) is 76.8 cm³/mol. The van der Waals surface area contributed by atoms with Crippen LogP contribution in [0.1, 0.15) is 18.9 Å². The first-order valence-corrected chi connectivity index (χ1v) is 6.81. The number of nitrogens with zero attached hydrogens (tertiary/aromatic N) is 1. The van der Waals surface area contributed by atoms with Crippen molar-refractivity contribution in [1.82, 2.24) is 4.90 Å². The van der Waals surface area contributed by atoms with Gasteiger partial charge in [0.25, 0.3) is 0 Å². The van der Waals surface area contributed by atoms with E-state index in [9.17, 15) is 4.79 Å². The third-order valence-corrected chi connectivity index (χ3v) is 3.52. The molecular weight excluding hydrogens is 296 g/mol. The lowest BCUT2D eigenvalue weighted by atomic mass is 10.2. The average molecular weight is 315 g/mol. The van der Waals surface area contributed by atoms with Gasteiger partial charge >= 0.3 is 6.03 Å². The van der Waals surface area contributed by atoms with Gasteiger partial charge in [0.2, 0.25) is 0 Å². The molecule has 0 heterocycles. The molecule has 5 heteroatoms. The Hall–Kier alpha value is -1.07. The van der Waals surface area contributed by atoms with E-state index in [0.717, 1.165) is 22.1 Å². The molecule has 0 atom stereocenters. The summed E-state index contributed by atoms with van der Waals surface area (Å²) in [6.45, 7) is 4.91. The molecule has 0 radical (unpaired) electrons. The highest BCUT2D eigenvalue weighted by atomic mass is 79.9. The van der Waals surface area contributed by atoms with E-state index in [0.29, 0.717) is 13.1 Å². The highest BCUT2D eigenvalue weighted by molar-refractivity contribution is 9.10. The lowest BCUT2D eigenvalue weighted by molar-refractivity contribution is 0.188. The highest BCUT2D eigenvalue weighted by Gasteiger charge is 2.13. The SMILES string of the molecule is CCCN(CCO)C(=O)Nc1cccc(Br)c1C. The summed E-state index contributed by atoms with van der Waals surface area (Å²) in [6, 6.07) is 5.50. The summed E-state index contributed by atoms with van der Waals surface area (Å²) >= 11 is 3.43. The molecule has 1 aromatic rings. The fourth-order valence-electron chi connectivity index (χ4n) is 1.64. The minimum atomic E-state index is -0.174. The zero-order chi connectivity index (χ0) is 13.5. The van der Waals surface area contributed by atoms with Crippen molar-refractivity contribution in [2.24, 2.45) is 0 Å². The topological polar surface area (TPSA) is 52.6 Å². The maximum atomic E-state index is 12.0. The number of anilines is 1. The predicted octanol–water partition coefficient (Wildman–Crippen LogP) is 2.99. The molecule has 0 saturated carbocycles. The number of nitrogens with one attached hydrogen (secondary N) is 1. The van der Waals surface area contributed by atoms with Crippen molar-refractivity contribution in [2.45, 2.75) is 20.3 Å². The van der Waals surface area contributed by atoms with Crippen molar-refractivity contribution >= 4 is 27.6 Å². The van der Waals surface area contributed by atoms with Gasteiger partial charge in [0.1, 0.15) is 0 Å². The first kappa shape index (κ1) is 15.0. The van der Waals surface area contributed by atoms with Gasteiger partial charge in [-0.2, -0.15) is 0 Å². The molecule has 0 aliphatic rings. The number of hydrogen-bond donors (Lipinski definition) is 2. The second-order valence-electron chi connectivity index (χ2n) is 4.05. The third-order valence-electron chi connectivity index (χ3n) is 2.66. The summed E-state index contributed by atoms with van der Waals surface area (Å²) in [7, 11) is 0. The molecule has 4 nitrogen and oxygen atoms in total. The molecule has 2 amide bonds. The maximum Gasteiger partial charge on any atom is 0.321 e. The Morgan fingerprint density at radius 3 is 2.78 bits per heavy atom. The molecule has 0 saturated heterocycles. The van der Waals surface area contributed by atoms with Crippen LogP contribution in [0, 0.1) is 6.92 Å². The van der Waals surface area contributed by atoms with Gasteiger partial charge in [0.15, 0.2) is 0 Å². The molecule has 0 bridgehead atoms. The number of aliphatic hydroxyl groups excluding tert-OH is 1. The van der Waals surface area contributed by atoms with E-state index in [4.69, 9.17) is 5.11 Å². The first-order valence-electron chi connectivity index (χ1n) is 6.02. The Labute approximate surface area is 116 Å². The number of benzene rings is 1.